The highest BCUT2D eigenvalue weighted by molar-refractivity contribution is 7.91. The number of nitrogens with one attached hydrogen (secondary N) is 1. The number of H-pyrrole nitrogens is 1. The summed E-state index contributed by atoms with van der Waals surface area (Å²) in [5.41, 5.74) is 10.7. The van der Waals surface area contributed by atoms with E-state index >= 15 is 0 Å². The maximum atomic E-state index is 13.2. The minimum Gasteiger partial charge on any atom is -0.490 e. The predicted molar refractivity (Wildman–Crippen MR) is 164 cm³/mol. The Morgan fingerprint density at radius 2 is 1.71 bits per heavy atom. The van der Waals surface area contributed by atoms with Gasteiger partial charge in [0.05, 0.1) is 23.7 Å². The number of aromatic amines is 1. The number of fused-ring (bicyclic) bond motifs is 3. The van der Waals surface area contributed by atoms with Gasteiger partial charge in [0.25, 0.3) is 5.91 Å². The lowest BCUT2D eigenvalue weighted by molar-refractivity contribution is 0.0556. The number of amides is 1. The fraction of sp³-hybridized carbons (Fsp3) is 0.355. The van der Waals surface area contributed by atoms with Crippen LogP contribution in [0.15, 0.2) is 60.0 Å². The molecule has 230 valence electrons. The Morgan fingerprint density at radius 3 is 2.33 bits per heavy atom. The number of nitrogens with zero attached hydrogens (tertiary/aromatic N) is 7. The van der Waals surface area contributed by atoms with Gasteiger partial charge in [-0.25, -0.2) is 18.4 Å². The first kappa shape index (κ1) is 27.7. The molecule has 2 saturated heterocycles. The second-order valence-corrected chi connectivity index (χ2v) is 14.1. The number of pyridine rings is 1. The molecule has 1 amide bonds. The number of aromatic nitrogens is 7. The molecule has 1 aliphatic carbocycles. The van der Waals surface area contributed by atoms with Crippen molar-refractivity contribution in [3.05, 3.63) is 66.6 Å². The predicted octanol–water partition coefficient (Wildman–Crippen LogP) is 3.65. The highest BCUT2D eigenvalue weighted by atomic mass is 32.2. The van der Waals surface area contributed by atoms with Gasteiger partial charge in [-0.1, -0.05) is 6.07 Å². The molecule has 0 radical (unpaired) electrons. The minimum absolute atomic E-state index is 0.00774. The molecule has 8 rings (SSSR count). The van der Waals surface area contributed by atoms with Crippen LogP contribution in [0.25, 0.3) is 28.0 Å². The van der Waals surface area contributed by atoms with Crippen LogP contribution in [0.2, 0.25) is 0 Å². The molecule has 4 aromatic heterocycles. The van der Waals surface area contributed by atoms with Gasteiger partial charge in [0.1, 0.15) is 22.8 Å². The van der Waals surface area contributed by atoms with Gasteiger partial charge in [-0.3, -0.25) is 14.9 Å². The van der Waals surface area contributed by atoms with Gasteiger partial charge in [0.2, 0.25) is 5.82 Å². The van der Waals surface area contributed by atoms with Crippen molar-refractivity contribution < 1.29 is 17.9 Å². The molecule has 3 fully saturated rings. The fourth-order valence-electron chi connectivity index (χ4n) is 6.85. The number of carbonyl (C=O) groups excluding carboxylic acids is 1. The number of nitrogens with two attached hydrogens (primary N) is 1. The Labute approximate surface area is 258 Å². The Hall–Kier alpha value is -4.85. The van der Waals surface area contributed by atoms with Gasteiger partial charge < -0.3 is 15.4 Å². The zero-order valence-corrected chi connectivity index (χ0v) is 25.3. The molecule has 14 heteroatoms. The van der Waals surface area contributed by atoms with Crippen LogP contribution < -0.4 is 10.5 Å². The van der Waals surface area contributed by atoms with Crippen LogP contribution >= 0.6 is 0 Å². The van der Waals surface area contributed by atoms with E-state index in [0.29, 0.717) is 35.9 Å². The number of anilines is 1. The van der Waals surface area contributed by atoms with E-state index in [1.54, 1.807) is 12.4 Å². The van der Waals surface area contributed by atoms with Crippen LogP contribution in [0.4, 0.5) is 5.82 Å². The lowest BCUT2D eigenvalue weighted by atomic mass is 9.87. The van der Waals surface area contributed by atoms with Gasteiger partial charge in [-0.15, -0.1) is 0 Å². The molecule has 1 saturated carbocycles. The molecule has 2 aliphatic heterocycles. The number of benzene rings is 1. The Bertz CT molecular complexity index is 2010. The van der Waals surface area contributed by atoms with Crippen molar-refractivity contribution in [1.29, 1.82) is 0 Å². The van der Waals surface area contributed by atoms with Crippen LogP contribution in [0.5, 0.6) is 5.75 Å². The molecule has 3 N–H and O–H groups in total. The van der Waals surface area contributed by atoms with Crippen LogP contribution in [0.1, 0.15) is 60.8 Å². The number of ether oxygens (including phenoxy) is 1. The number of hydrogen-bond donors (Lipinski definition) is 2. The average Bonchev–Trinajstić information content (AvgIpc) is 3.38. The lowest BCUT2D eigenvalue weighted by Gasteiger charge is -2.38. The zero-order chi connectivity index (χ0) is 30.9. The summed E-state index contributed by atoms with van der Waals surface area (Å²) in [6.45, 7) is 0. The third kappa shape index (κ3) is 4.89. The molecule has 45 heavy (non-hydrogen) atoms. The number of carbonyl (C=O) groups is 1. The van der Waals surface area contributed by atoms with E-state index < -0.39 is 9.84 Å². The molecule has 1 aromatic carbocycles. The maximum absolute atomic E-state index is 13.2. The number of rotatable bonds is 7. The number of piperidine rings is 1. The third-order valence-corrected chi connectivity index (χ3v) is 10.2. The van der Waals surface area contributed by atoms with E-state index in [9.17, 15) is 13.2 Å². The zero-order valence-electron chi connectivity index (χ0n) is 24.5. The van der Waals surface area contributed by atoms with Crippen molar-refractivity contribution in [3.8, 4) is 28.1 Å². The number of sulfone groups is 1. The van der Waals surface area contributed by atoms with Crippen LogP contribution in [0.3, 0.4) is 0 Å². The van der Waals surface area contributed by atoms with Crippen molar-refractivity contribution in [2.75, 3.05) is 12.0 Å². The van der Waals surface area contributed by atoms with E-state index in [4.69, 9.17) is 20.4 Å². The summed E-state index contributed by atoms with van der Waals surface area (Å²) in [6, 6.07) is 11.6. The smallest absolute Gasteiger partial charge is 0.291 e. The Balaban J connectivity index is 1.13. The standard InChI is InChI=1S/C31H31N9O4S/c1-45(42,43)27-26(19-12-20-5-6-21(13-19)39(20)31(41)29-34-16-35-38-29)37-30-24(15-36-40(30)28(27)32)18-4-11-25(33-14-18)17-2-7-22(8-3-17)44-23-9-10-23/h2-4,7-8,11,14-16,19-21,23H,5-6,9-10,12-13,32H2,1H3,(H,34,35,38)/t19?,20-,21+. The topological polar surface area (TPSA) is 174 Å². The second-order valence-electron chi connectivity index (χ2n) is 12.2. The van der Waals surface area contributed by atoms with Crippen LogP contribution in [-0.4, -0.2) is 78.4 Å². The summed E-state index contributed by atoms with van der Waals surface area (Å²) in [7, 11) is -3.76. The van der Waals surface area contributed by atoms with E-state index in [2.05, 4.69) is 20.3 Å². The highest BCUT2D eigenvalue weighted by Crippen LogP contribution is 2.45. The summed E-state index contributed by atoms with van der Waals surface area (Å²) < 4.78 is 33.5. The summed E-state index contributed by atoms with van der Waals surface area (Å²) in [6.07, 6.45) is 11.2. The first-order valence-electron chi connectivity index (χ1n) is 15.0. The summed E-state index contributed by atoms with van der Waals surface area (Å²) in [5, 5.41) is 10.9. The SMILES string of the molecule is CS(=O)(=O)c1c(C2C[C@H]3CC[C@@H](C2)N3C(=O)c2ncn[nH]2)nc2c(-c3ccc(-c4ccc(OC5CC5)cc4)nc3)cnn2c1N. The third-order valence-electron chi connectivity index (χ3n) is 9.06. The first-order valence-corrected chi connectivity index (χ1v) is 16.9. The van der Waals surface area contributed by atoms with Crippen molar-refractivity contribution in [3.63, 3.8) is 0 Å². The van der Waals surface area contributed by atoms with E-state index in [1.165, 1.54) is 10.8 Å². The molecule has 0 spiro atoms. The van der Waals surface area contributed by atoms with E-state index in [-0.39, 0.29) is 40.4 Å². The molecule has 5 aromatic rings. The Kier molecular flexibility index (Phi) is 6.37. The number of hydrogen-bond acceptors (Lipinski definition) is 10. The minimum atomic E-state index is -3.76. The fourth-order valence-corrected chi connectivity index (χ4v) is 7.91. The van der Waals surface area contributed by atoms with Gasteiger partial charge in [-0.05, 0) is 68.9 Å². The number of nitrogen functional groups attached to an aromatic ring is 1. The highest BCUT2D eigenvalue weighted by Gasteiger charge is 2.46. The summed E-state index contributed by atoms with van der Waals surface area (Å²) in [5.74, 6) is 0.676. The molecular weight excluding hydrogens is 594 g/mol. The maximum Gasteiger partial charge on any atom is 0.291 e. The molecule has 3 aliphatic rings. The first-order chi connectivity index (χ1) is 21.7. The van der Waals surface area contributed by atoms with Gasteiger partial charge in [0.15, 0.2) is 15.5 Å². The van der Waals surface area contributed by atoms with Crippen molar-refractivity contribution in [2.24, 2.45) is 0 Å². The lowest BCUT2D eigenvalue weighted by Crippen LogP contribution is -2.46. The monoisotopic (exact) mass is 625 g/mol. The molecule has 13 nitrogen and oxygen atoms in total. The van der Waals surface area contributed by atoms with E-state index in [0.717, 1.165) is 54.5 Å². The molecule has 6 heterocycles. The van der Waals surface area contributed by atoms with Gasteiger partial charge in [0, 0.05) is 47.1 Å². The normalized spacial score (nSPS) is 21.4. The second kappa shape index (κ2) is 10.4. The summed E-state index contributed by atoms with van der Waals surface area (Å²) in [4.78, 5) is 28.8. The van der Waals surface area contributed by atoms with Gasteiger partial charge >= 0.3 is 0 Å². The van der Waals surface area contributed by atoms with Crippen molar-refractivity contribution in [1.82, 2.24) is 39.7 Å². The largest absolute Gasteiger partial charge is 0.490 e. The quantitative estimate of drug-likeness (QED) is 0.272. The molecule has 2 bridgehead atoms. The molecule has 1 unspecified atom stereocenters. The average molecular weight is 626 g/mol. The van der Waals surface area contributed by atoms with E-state index in [1.807, 2.05) is 41.3 Å². The Morgan fingerprint density at radius 1 is 0.978 bits per heavy atom. The van der Waals surface area contributed by atoms with Crippen LogP contribution in [-0.2, 0) is 9.84 Å². The van der Waals surface area contributed by atoms with Gasteiger partial charge in [-0.2, -0.15) is 14.7 Å². The van der Waals surface area contributed by atoms with Crippen molar-refractivity contribution in [2.45, 2.75) is 67.5 Å². The summed E-state index contributed by atoms with van der Waals surface area (Å²) >= 11 is 0. The van der Waals surface area contributed by atoms with Crippen molar-refractivity contribution >= 4 is 27.2 Å². The molecular formula is C31H31N9O4S. The van der Waals surface area contributed by atoms with Crippen LogP contribution in [0, 0.1) is 0 Å². The molecule has 3 atom stereocenters.